The van der Waals surface area contributed by atoms with E-state index in [4.69, 9.17) is 0 Å². The molecule has 2 aromatic heterocycles. The molecule has 0 amide bonds. The van der Waals surface area contributed by atoms with Crippen LogP contribution in [0.1, 0.15) is 47.3 Å². The fourth-order valence-electron chi connectivity index (χ4n) is 2.94. The van der Waals surface area contributed by atoms with Crippen molar-refractivity contribution in [1.29, 1.82) is 0 Å². The molecule has 1 N–H and O–H groups in total. The molecule has 1 fully saturated rings. The van der Waals surface area contributed by atoms with Crippen molar-refractivity contribution in [2.45, 2.75) is 45.2 Å². The number of aryl methyl sites for hydroxylation is 1. The summed E-state index contributed by atoms with van der Waals surface area (Å²) >= 11 is 3.64. The molecule has 1 saturated carbocycles. The van der Waals surface area contributed by atoms with Crippen LogP contribution in [0.3, 0.4) is 0 Å². The van der Waals surface area contributed by atoms with Gasteiger partial charge in [-0.3, -0.25) is 0 Å². The van der Waals surface area contributed by atoms with Crippen molar-refractivity contribution in [1.82, 2.24) is 10.3 Å². The highest BCUT2D eigenvalue weighted by Gasteiger charge is 2.26. The molecule has 2 nitrogen and oxygen atoms in total. The van der Waals surface area contributed by atoms with Gasteiger partial charge in [0.1, 0.15) is 5.01 Å². The van der Waals surface area contributed by atoms with Crippen LogP contribution in [0.2, 0.25) is 0 Å². The zero-order chi connectivity index (χ0) is 13.1. The molecule has 0 saturated heterocycles. The highest BCUT2D eigenvalue weighted by atomic mass is 32.1. The predicted molar refractivity (Wildman–Crippen MR) is 82.7 cm³/mol. The third kappa shape index (κ3) is 3.25. The Morgan fingerprint density at radius 1 is 1.37 bits per heavy atom. The highest BCUT2D eigenvalue weighted by molar-refractivity contribution is 7.10. The van der Waals surface area contributed by atoms with E-state index in [1.807, 2.05) is 11.3 Å². The molecule has 1 aliphatic rings. The number of nitrogens with zero attached hydrogens (tertiary/aromatic N) is 1. The van der Waals surface area contributed by atoms with Crippen LogP contribution < -0.4 is 5.32 Å². The average Bonchev–Trinajstić information content (AvgIpc) is 3.11. The van der Waals surface area contributed by atoms with Crippen molar-refractivity contribution < 1.29 is 0 Å². The van der Waals surface area contributed by atoms with Crippen LogP contribution in [0.5, 0.6) is 0 Å². The van der Waals surface area contributed by atoms with Gasteiger partial charge in [-0.15, -0.1) is 22.7 Å². The van der Waals surface area contributed by atoms with Gasteiger partial charge in [0.05, 0.1) is 0 Å². The zero-order valence-electron chi connectivity index (χ0n) is 11.3. The maximum absolute atomic E-state index is 4.55. The Balaban J connectivity index is 1.68. The second-order valence-corrected chi connectivity index (χ2v) is 7.22. The third-order valence-electron chi connectivity index (χ3n) is 3.86. The van der Waals surface area contributed by atoms with E-state index >= 15 is 0 Å². The molecule has 0 aliphatic heterocycles. The Hall–Kier alpha value is -0.710. The van der Waals surface area contributed by atoms with Crippen molar-refractivity contribution in [3.05, 3.63) is 38.5 Å². The lowest BCUT2D eigenvalue weighted by molar-refractivity contribution is 0.370. The Bertz CT molecular complexity index is 498. The SMILES string of the molecule is Cc1csc(CNC(c2cccs2)C2CCCC2)n1. The maximum atomic E-state index is 4.55. The van der Waals surface area contributed by atoms with Crippen molar-refractivity contribution >= 4 is 22.7 Å². The average molecular weight is 292 g/mol. The van der Waals surface area contributed by atoms with Crippen LogP contribution in [-0.2, 0) is 6.54 Å². The molecule has 1 aliphatic carbocycles. The van der Waals surface area contributed by atoms with Crippen LogP contribution in [0.15, 0.2) is 22.9 Å². The monoisotopic (exact) mass is 292 g/mol. The van der Waals surface area contributed by atoms with Gasteiger partial charge in [-0.05, 0) is 37.1 Å². The Morgan fingerprint density at radius 2 is 2.21 bits per heavy atom. The summed E-state index contributed by atoms with van der Waals surface area (Å²) in [6.07, 6.45) is 5.52. The number of hydrogen-bond acceptors (Lipinski definition) is 4. The summed E-state index contributed by atoms with van der Waals surface area (Å²) in [7, 11) is 0. The second-order valence-electron chi connectivity index (χ2n) is 5.30. The lowest BCUT2D eigenvalue weighted by Crippen LogP contribution is -2.26. The summed E-state index contributed by atoms with van der Waals surface area (Å²) in [5.41, 5.74) is 1.13. The Labute approximate surface area is 122 Å². The third-order valence-corrected chi connectivity index (χ3v) is 5.78. The van der Waals surface area contributed by atoms with Crippen molar-refractivity contribution in [2.24, 2.45) is 5.92 Å². The first-order chi connectivity index (χ1) is 9.33. The minimum absolute atomic E-state index is 0.520. The molecule has 19 heavy (non-hydrogen) atoms. The minimum atomic E-state index is 0.520. The minimum Gasteiger partial charge on any atom is -0.303 e. The molecule has 102 valence electrons. The van der Waals surface area contributed by atoms with Gasteiger partial charge in [0.15, 0.2) is 0 Å². The van der Waals surface area contributed by atoms with Crippen LogP contribution >= 0.6 is 22.7 Å². The van der Waals surface area contributed by atoms with Gasteiger partial charge >= 0.3 is 0 Å². The van der Waals surface area contributed by atoms with E-state index in [0.29, 0.717) is 6.04 Å². The molecule has 0 bridgehead atoms. The van der Waals surface area contributed by atoms with Gasteiger partial charge in [0.2, 0.25) is 0 Å². The summed E-state index contributed by atoms with van der Waals surface area (Å²) < 4.78 is 0. The second kappa shape index (κ2) is 6.16. The number of nitrogens with one attached hydrogen (secondary N) is 1. The number of hydrogen-bond donors (Lipinski definition) is 1. The van der Waals surface area contributed by atoms with Gasteiger partial charge in [0, 0.05) is 28.5 Å². The summed E-state index contributed by atoms with van der Waals surface area (Å²) in [6, 6.07) is 4.96. The normalized spacial score (nSPS) is 17.9. The predicted octanol–water partition coefficient (Wildman–Crippen LogP) is 4.53. The van der Waals surface area contributed by atoms with Crippen LogP contribution in [0, 0.1) is 12.8 Å². The van der Waals surface area contributed by atoms with Gasteiger partial charge in [-0.25, -0.2) is 4.98 Å². The lowest BCUT2D eigenvalue weighted by Gasteiger charge is -2.23. The van der Waals surface area contributed by atoms with Gasteiger partial charge in [-0.1, -0.05) is 18.9 Å². The van der Waals surface area contributed by atoms with Gasteiger partial charge in [-0.2, -0.15) is 0 Å². The lowest BCUT2D eigenvalue weighted by atomic mass is 9.97. The summed E-state index contributed by atoms with van der Waals surface area (Å²) in [5, 5.41) is 9.28. The molecule has 0 radical (unpaired) electrons. The number of rotatable bonds is 5. The quantitative estimate of drug-likeness (QED) is 0.875. The summed E-state index contributed by atoms with van der Waals surface area (Å²) in [4.78, 5) is 6.04. The largest absolute Gasteiger partial charge is 0.303 e. The topological polar surface area (TPSA) is 24.9 Å². The standard InChI is InChI=1S/C15H20N2S2/c1-11-10-19-14(17-11)9-16-15(12-5-2-3-6-12)13-7-4-8-18-13/h4,7-8,10,12,15-16H,2-3,5-6,9H2,1H3. The molecule has 3 rings (SSSR count). The number of thiophene rings is 1. The van der Waals surface area contributed by atoms with Crippen molar-refractivity contribution in [3.63, 3.8) is 0 Å². The zero-order valence-corrected chi connectivity index (χ0v) is 12.9. The first-order valence-corrected chi connectivity index (χ1v) is 8.76. The molecule has 4 heteroatoms. The molecular formula is C15H20N2S2. The molecule has 1 unspecified atom stereocenters. The van der Waals surface area contributed by atoms with Crippen molar-refractivity contribution in [3.8, 4) is 0 Å². The van der Waals surface area contributed by atoms with E-state index in [2.05, 4.69) is 40.1 Å². The molecule has 0 spiro atoms. The molecule has 0 aromatic carbocycles. The van der Waals surface area contributed by atoms with Crippen molar-refractivity contribution in [2.75, 3.05) is 0 Å². The van der Waals surface area contributed by atoms with E-state index in [1.54, 1.807) is 11.3 Å². The Kier molecular flexibility index (Phi) is 4.31. The molecule has 2 heterocycles. The molecular weight excluding hydrogens is 272 g/mol. The smallest absolute Gasteiger partial charge is 0.107 e. The summed E-state index contributed by atoms with van der Waals surface area (Å²) in [6.45, 7) is 2.96. The highest BCUT2D eigenvalue weighted by Crippen LogP contribution is 2.37. The van der Waals surface area contributed by atoms with Crippen LogP contribution in [-0.4, -0.2) is 4.98 Å². The van der Waals surface area contributed by atoms with E-state index < -0.39 is 0 Å². The fourth-order valence-corrected chi connectivity index (χ4v) is 4.56. The maximum Gasteiger partial charge on any atom is 0.107 e. The van der Waals surface area contributed by atoms with Crippen LogP contribution in [0.25, 0.3) is 0 Å². The summed E-state index contributed by atoms with van der Waals surface area (Å²) in [5.74, 6) is 0.805. The van der Waals surface area contributed by atoms with Crippen LogP contribution in [0.4, 0.5) is 0 Å². The molecule has 2 aromatic rings. The first kappa shape index (κ1) is 13.3. The van der Waals surface area contributed by atoms with E-state index in [-0.39, 0.29) is 0 Å². The fraction of sp³-hybridized carbons (Fsp3) is 0.533. The van der Waals surface area contributed by atoms with E-state index in [1.165, 1.54) is 35.6 Å². The first-order valence-electron chi connectivity index (χ1n) is 7.01. The molecule has 1 atom stereocenters. The Morgan fingerprint density at radius 3 is 2.84 bits per heavy atom. The van der Waals surface area contributed by atoms with Gasteiger partial charge in [0.25, 0.3) is 0 Å². The van der Waals surface area contributed by atoms with Gasteiger partial charge < -0.3 is 5.32 Å². The van der Waals surface area contributed by atoms with E-state index in [0.717, 1.165) is 18.2 Å². The number of thiazole rings is 1. The van der Waals surface area contributed by atoms with E-state index in [9.17, 15) is 0 Å². The number of aromatic nitrogens is 1.